The van der Waals surface area contributed by atoms with Crippen LogP contribution >= 0.6 is 11.7 Å². The third-order valence-electron chi connectivity index (χ3n) is 2.59. The Bertz CT molecular complexity index is 554. The van der Waals surface area contributed by atoms with Gasteiger partial charge in [0.1, 0.15) is 5.82 Å². The van der Waals surface area contributed by atoms with E-state index < -0.39 is 23.6 Å². The molecule has 102 valence electrons. The van der Waals surface area contributed by atoms with Crippen LogP contribution in [0.25, 0.3) is 0 Å². The molecule has 0 spiro atoms. The van der Waals surface area contributed by atoms with Gasteiger partial charge in [0.05, 0.1) is 35.2 Å². The smallest absolute Gasteiger partial charge is 0.308 e. The van der Waals surface area contributed by atoms with Gasteiger partial charge in [-0.1, -0.05) is 6.07 Å². The molecular weight excluding hydrogens is 282 g/mol. The zero-order valence-electron chi connectivity index (χ0n) is 9.70. The fraction of sp³-hybridized carbons (Fsp3) is 0.273. The van der Waals surface area contributed by atoms with Crippen LogP contribution in [0.15, 0.2) is 24.4 Å². The maximum absolute atomic E-state index is 13.5. The van der Waals surface area contributed by atoms with E-state index in [0.717, 1.165) is 23.9 Å². The standard InChI is InChI=1S/C11H9F4N3S/c1-16-10(9-5-17-19-18-9)6-2-3-7(8(12)4-6)11(13,14)15/h2-5,10,16H,1H3. The highest BCUT2D eigenvalue weighted by atomic mass is 32.1. The van der Waals surface area contributed by atoms with Gasteiger partial charge in [-0.05, 0) is 24.7 Å². The van der Waals surface area contributed by atoms with Gasteiger partial charge in [-0.15, -0.1) is 0 Å². The highest BCUT2D eigenvalue weighted by molar-refractivity contribution is 6.99. The highest BCUT2D eigenvalue weighted by Crippen LogP contribution is 2.33. The van der Waals surface area contributed by atoms with E-state index in [0.29, 0.717) is 11.3 Å². The Morgan fingerprint density at radius 2 is 2.05 bits per heavy atom. The molecule has 1 heterocycles. The number of hydrogen-bond acceptors (Lipinski definition) is 4. The summed E-state index contributed by atoms with van der Waals surface area (Å²) in [6, 6.07) is 2.33. The van der Waals surface area contributed by atoms with E-state index in [4.69, 9.17) is 0 Å². The molecule has 0 aliphatic rings. The van der Waals surface area contributed by atoms with Crippen LogP contribution in [0.5, 0.6) is 0 Å². The number of hydrogen-bond donors (Lipinski definition) is 1. The summed E-state index contributed by atoms with van der Waals surface area (Å²) in [7, 11) is 1.61. The quantitative estimate of drug-likeness (QED) is 0.883. The minimum atomic E-state index is -4.69. The van der Waals surface area contributed by atoms with Crippen molar-refractivity contribution in [2.75, 3.05) is 7.05 Å². The van der Waals surface area contributed by atoms with Crippen LogP contribution in [0.4, 0.5) is 17.6 Å². The van der Waals surface area contributed by atoms with Crippen LogP contribution in [0.2, 0.25) is 0 Å². The van der Waals surface area contributed by atoms with Crippen LogP contribution in [0.3, 0.4) is 0 Å². The first-order chi connectivity index (χ1) is 8.93. The number of nitrogens with zero attached hydrogens (tertiary/aromatic N) is 2. The zero-order valence-corrected chi connectivity index (χ0v) is 10.5. The minimum absolute atomic E-state index is 0.362. The predicted molar refractivity (Wildman–Crippen MR) is 62.2 cm³/mol. The van der Waals surface area contributed by atoms with E-state index in [-0.39, 0.29) is 0 Å². The van der Waals surface area contributed by atoms with Crippen LogP contribution in [0, 0.1) is 5.82 Å². The summed E-state index contributed by atoms with van der Waals surface area (Å²) in [6.07, 6.45) is -3.21. The van der Waals surface area contributed by atoms with Crippen molar-refractivity contribution in [2.24, 2.45) is 0 Å². The summed E-state index contributed by atoms with van der Waals surface area (Å²) in [5.41, 5.74) is -0.380. The van der Waals surface area contributed by atoms with E-state index in [2.05, 4.69) is 14.1 Å². The van der Waals surface area contributed by atoms with Gasteiger partial charge in [0.15, 0.2) is 0 Å². The molecule has 0 aliphatic heterocycles. The summed E-state index contributed by atoms with van der Waals surface area (Å²) >= 11 is 0.976. The molecule has 0 saturated carbocycles. The number of halogens is 4. The van der Waals surface area contributed by atoms with Crippen LogP contribution in [-0.4, -0.2) is 15.8 Å². The topological polar surface area (TPSA) is 37.8 Å². The van der Waals surface area contributed by atoms with E-state index in [1.165, 1.54) is 12.3 Å². The van der Waals surface area contributed by atoms with Gasteiger partial charge in [-0.25, -0.2) is 4.39 Å². The molecule has 8 heteroatoms. The van der Waals surface area contributed by atoms with Gasteiger partial charge in [0.25, 0.3) is 0 Å². The third kappa shape index (κ3) is 2.90. The van der Waals surface area contributed by atoms with Gasteiger partial charge in [0, 0.05) is 0 Å². The predicted octanol–water partition coefficient (Wildman–Crippen LogP) is 3.00. The Morgan fingerprint density at radius 3 is 2.53 bits per heavy atom. The monoisotopic (exact) mass is 291 g/mol. The van der Waals surface area contributed by atoms with Gasteiger partial charge in [-0.3, -0.25) is 0 Å². The second kappa shape index (κ2) is 5.22. The van der Waals surface area contributed by atoms with E-state index >= 15 is 0 Å². The van der Waals surface area contributed by atoms with Gasteiger partial charge >= 0.3 is 6.18 Å². The Kier molecular flexibility index (Phi) is 3.81. The lowest BCUT2D eigenvalue weighted by Crippen LogP contribution is -2.19. The van der Waals surface area contributed by atoms with E-state index in [9.17, 15) is 17.6 Å². The third-order valence-corrected chi connectivity index (χ3v) is 3.09. The second-order valence-electron chi connectivity index (χ2n) is 3.79. The average Bonchev–Trinajstić information content (AvgIpc) is 2.82. The van der Waals surface area contributed by atoms with Crippen molar-refractivity contribution < 1.29 is 17.6 Å². The van der Waals surface area contributed by atoms with Crippen molar-refractivity contribution in [3.63, 3.8) is 0 Å². The summed E-state index contributed by atoms with van der Waals surface area (Å²) in [6.45, 7) is 0. The molecule has 0 aliphatic carbocycles. The Morgan fingerprint density at radius 1 is 1.32 bits per heavy atom. The molecule has 0 radical (unpaired) electrons. The average molecular weight is 291 g/mol. The molecular formula is C11H9F4N3S. The molecule has 0 fully saturated rings. The summed E-state index contributed by atoms with van der Waals surface area (Å²) in [4.78, 5) is 0. The lowest BCUT2D eigenvalue weighted by Gasteiger charge is -2.15. The Balaban J connectivity index is 2.39. The number of benzene rings is 1. The number of rotatable bonds is 3. The van der Waals surface area contributed by atoms with Crippen LogP contribution < -0.4 is 5.32 Å². The second-order valence-corrected chi connectivity index (χ2v) is 4.35. The van der Waals surface area contributed by atoms with Crippen molar-refractivity contribution in [2.45, 2.75) is 12.2 Å². The van der Waals surface area contributed by atoms with Crippen molar-refractivity contribution in [3.05, 3.63) is 47.0 Å². The molecule has 3 nitrogen and oxygen atoms in total. The lowest BCUT2D eigenvalue weighted by atomic mass is 10.0. The SMILES string of the molecule is CNC(c1ccc(C(F)(F)F)c(F)c1)c1cnsn1. The van der Waals surface area contributed by atoms with E-state index in [1.807, 2.05) is 0 Å². The first-order valence-corrected chi connectivity index (χ1v) is 5.98. The van der Waals surface area contributed by atoms with Crippen molar-refractivity contribution in [3.8, 4) is 0 Å². The number of alkyl halides is 3. The zero-order chi connectivity index (χ0) is 14.0. The van der Waals surface area contributed by atoms with Crippen LogP contribution in [-0.2, 0) is 6.18 Å². The van der Waals surface area contributed by atoms with Crippen molar-refractivity contribution in [1.29, 1.82) is 0 Å². The molecule has 1 aromatic carbocycles. The largest absolute Gasteiger partial charge is 0.419 e. The minimum Gasteiger partial charge on any atom is -0.308 e. The highest BCUT2D eigenvalue weighted by Gasteiger charge is 2.34. The summed E-state index contributed by atoms with van der Waals surface area (Å²) < 4.78 is 58.7. The fourth-order valence-corrected chi connectivity index (χ4v) is 2.17. The molecule has 1 N–H and O–H groups in total. The number of aromatic nitrogens is 2. The molecule has 0 bridgehead atoms. The summed E-state index contributed by atoms with van der Waals surface area (Å²) in [5, 5.41) is 2.86. The molecule has 2 aromatic rings. The molecule has 1 aromatic heterocycles. The van der Waals surface area contributed by atoms with Gasteiger partial charge < -0.3 is 5.32 Å². The molecule has 0 saturated heterocycles. The van der Waals surface area contributed by atoms with E-state index in [1.54, 1.807) is 7.05 Å². The Hall–Kier alpha value is -1.54. The maximum atomic E-state index is 13.5. The van der Waals surface area contributed by atoms with Crippen molar-refractivity contribution >= 4 is 11.7 Å². The lowest BCUT2D eigenvalue weighted by molar-refractivity contribution is -0.140. The van der Waals surface area contributed by atoms with Crippen molar-refractivity contribution in [1.82, 2.24) is 14.1 Å². The summed E-state index contributed by atoms with van der Waals surface area (Å²) in [5.74, 6) is -1.30. The molecule has 19 heavy (non-hydrogen) atoms. The van der Waals surface area contributed by atoms with Crippen LogP contribution in [0.1, 0.15) is 22.9 Å². The van der Waals surface area contributed by atoms with Gasteiger partial charge in [0.2, 0.25) is 0 Å². The molecule has 2 rings (SSSR count). The first kappa shape index (κ1) is 13.9. The first-order valence-electron chi connectivity index (χ1n) is 5.25. The molecule has 0 amide bonds. The molecule has 1 atom stereocenters. The fourth-order valence-electron chi connectivity index (χ4n) is 1.73. The Labute approximate surface area is 110 Å². The number of nitrogens with one attached hydrogen (secondary N) is 1. The van der Waals surface area contributed by atoms with Gasteiger partial charge in [-0.2, -0.15) is 21.9 Å². The normalized spacial score (nSPS) is 13.5. The molecule has 1 unspecified atom stereocenters. The maximum Gasteiger partial charge on any atom is 0.419 e.